The zero-order valence-electron chi connectivity index (χ0n) is 9.16. The summed E-state index contributed by atoms with van der Waals surface area (Å²) < 4.78 is 0. The molecular weight excluding hydrogens is 224 g/mol. The van der Waals surface area contributed by atoms with Crippen LogP contribution < -0.4 is 10.6 Å². The number of anilines is 1. The quantitative estimate of drug-likeness (QED) is 0.613. The summed E-state index contributed by atoms with van der Waals surface area (Å²) in [7, 11) is 0. The molecule has 1 rings (SSSR count). The molecule has 0 unspecified atom stereocenters. The summed E-state index contributed by atoms with van der Waals surface area (Å²) in [6.45, 7) is 2.58. The first kappa shape index (κ1) is 12.6. The zero-order valence-corrected chi connectivity index (χ0v) is 9.92. The van der Waals surface area contributed by atoms with Crippen molar-refractivity contribution in [2.45, 2.75) is 13.3 Å². The van der Waals surface area contributed by atoms with Crippen LogP contribution in [0.3, 0.4) is 0 Å². The van der Waals surface area contributed by atoms with Gasteiger partial charge >= 0.3 is 6.03 Å². The Morgan fingerprint density at radius 3 is 2.69 bits per heavy atom. The van der Waals surface area contributed by atoms with Gasteiger partial charge in [-0.3, -0.25) is 0 Å². The van der Waals surface area contributed by atoms with Crippen molar-refractivity contribution in [1.82, 2.24) is 5.32 Å². The number of urea groups is 1. The molecule has 2 N–H and O–H groups in total. The number of amides is 2. The van der Waals surface area contributed by atoms with Crippen LogP contribution in [0.15, 0.2) is 36.4 Å². The molecule has 4 heteroatoms. The molecule has 16 heavy (non-hydrogen) atoms. The first-order valence-electron chi connectivity index (χ1n) is 5.14. The van der Waals surface area contributed by atoms with Crippen LogP contribution in [0, 0.1) is 0 Å². The van der Waals surface area contributed by atoms with Crippen LogP contribution in [0.4, 0.5) is 10.5 Å². The van der Waals surface area contributed by atoms with Gasteiger partial charge in [0, 0.05) is 17.3 Å². The van der Waals surface area contributed by atoms with E-state index in [1.54, 1.807) is 24.3 Å². The molecule has 3 nitrogen and oxygen atoms in total. The molecule has 0 saturated heterocycles. The summed E-state index contributed by atoms with van der Waals surface area (Å²) in [5, 5.41) is 6.11. The summed E-state index contributed by atoms with van der Waals surface area (Å²) in [4.78, 5) is 11.4. The van der Waals surface area contributed by atoms with Crippen LogP contribution in [-0.4, -0.2) is 12.6 Å². The van der Waals surface area contributed by atoms with Crippen LogP contribution >= 0.6 is 11.6 Å². The zero-order chi connectivity index (χ0) is 11.8. The lowest BCUT2D eigenvalue weighted by Crippen LogP contribution is -2.29. The molecule has 0 atom stereocenters. The van der Waals surface area contributed by atoms with E-state index in [0.717, 1.165) is 12.1 Å². The van der Waals surface area contributed by atoms with Crippen LogP contribution in [0.1, 0.15) is 13.3 Å². The van der Waals surface area contributed by atoms with E-state index in [2.05, 4.69) is 10.6 Å². The van der Waals surface area contributed by atoms with Gasteiger partial charge in [0.2, 0.25) is 0 Å². The Morgan fingerprint density at radius 2 is 2.06 bits per heavy atom. The van der Waals surface area contributed by atoms with Crippen molar-refractivity contribution in [2.24, 2.45) is 0 Å². The molecule has 0 spiro atoms. The first-order valence-corrected chi connectivity index (χ1v) is 5.51. The third kappa shape index (κ3) is 4.84. The summed E-state index contributed by atoms with van der Waals surface area (Å²) in [5.74, 6) is 0. The maximum atomic E-state index is 11.4. The molecule has 0 bridgehead atoms. The number of halogens is 1. The molecule has 0 aliphatic carbocycles. The molecule has 2 amide bonds. The Hall–Kier alpha value is -1.48. The molecule has 0 fully saturated rings. The lowest BCUT2D eigenvalue weighted by atomic mass is 10.3. The smallest absolute Gasteiger partial charge is 0.319 e. The number of allylic oxidation sites excluding steroid dienone is 1. The Kier molecular flexibility index (Phi) is 5.43. The molecule has 86 valence electrons. The fourth-order valence-corrected chi connectivity index (χ4v) is 1.27. The molecule has 1 aromatic carbocycles. The van der Waals surface area contributed by atoms with Gasteiger partial charge in [0.05, 0.1) is 0 Å². The highest BCUT2D eigenvalue weighted by molar-refractivity contribution is 6.30. The molecular formula is C12H15ClN2O. The van der Waals surface area contributed by atoms with Gasteiger partial charge in [0.25, 0.3) is 0 Å². The second-order valence-electron chi connectivity index (χ2n) is 3.25. The Morgan fingerprint density at radius 1 is 1.38 bits per heavy atom. The molecule has 0 aliphatic rings. The Bertz CT molecular complexity index is 360. The van der Waals surface area contributed by atoms with Gasteiger partial charge in [-0.1, -0.05) is 23.8 Å². The Balaban J connectivity index is 2.31. The minimum atomic E-state index is -0.202. The standard InChI is InChI=1S/C12H15ClN2O/c1-2-3-4-9-14-12(16)15-11-7-5-10(13)6-8-11/h2-3,5-8H,4,9H2,1H3,(H2,14,15,16)/b3-2+. The fourth-order valence-electron chi connectivity index (χ4n) is 1.14. The van der Waals surface area contributed by atoms with Crippen molar-refractivity contribution in [1.29, 1.82) is 0 Å². The largest absolute Gasteiger partial charge is 0.338 e. The third-order valence-electron chi connectivity index (χ3n) is 1.93. The molecule has 0 heterocycles. The van der Waals surface area contributed by atoms with Crippen LogP contribution in [0.5, 0.6) is 0 Å². The highest BCUT2D eigenvalue weighted by atomic mass is 35.5. The average molecular weight is 239 g/mol. The fraction of sp³-hybridized carbons (Fsp3) is 0.250. The van der Waals surface area contributed by atoms with E-state index < -0.39 is 0 Å². The Labute approximate surface area is 100 Å². The molecule has 0 aromatic heterocycles. The van der Waals surface area contributed by atoms with E-state index in [1.807, 2.05) is 19.1 Å². The van der Waals surface area contributed by atoms with E-state index in [4.69, 9.17) is 11.6 Å². The normalized spacial score (nSPS) is 10.4. The number of carbonyl (C=O) groups excluding carboxylic acids is 1. The van der Waals surface area contributed by atoms with Gasteiger partial charge in [-0.25, -0.2) is 4.79 Å². The van der Waals surface area contributed by atoms with Crippen molar-refractivity contribution >= 4 is 23.3 Å². The number of hydrogen-bond donors (Lipinski definition) is 2. The SMILES string of the molecule is C/C=C/CCNC(=O)Nc1ccc(Cl)cc1. The van der Waals surface area contributed by atoms with Crippen molar-refractivity contribution in [2.75, 3.05) is 11.9 Å². The predicted molar refractivity (Wildman–Crippen MR) is 67.9 cm³/mol. The number of hydrogen-bond acceptors (Lipinski definition) is 1. The van der Waals surface area contributed by atoms with Crippen LogP contribution in [-0.2, 0) is 0 Å². The van der Waals surface area contributed by atoms with E-state index in [9.17, 15) is 4.79 Å². The summed E-state index contributed by atoms with van der Waals surface area (Å²) in [6.07, 6.45) is 4.80. The lowest BCUT2D eigenvalue weighted by Gasteiger charge is -2.06. The van der Waals surface area contributed by atoms with Crippen molar-refractivity contribution < 1.29 is 4.79 Å². The average Bonchev–Trinajstić information content (AvgIpc) is 2.28. The van der Waals surface area contributed by atoms with E-state index in [1.165, 1.54) is 0 Å². The summed E-state index contributed by atoms with van der Waals surface area (Å²) in [6, 6.07) is 6.78. The maximum absolute atomic E-state index is 11.4. The van der Waals surface area contributed by atoms with Gasteiger partial charge in [0.1, 0.15) is 0 Å². The van der Waals surface area contributed by atoms with E-state index in [0.29, 0.717) is 11.6 Å². The van der Waals surface area contributed by atoms with Gasteiger partial charge in [0.15, 0.2) is 0 Å². The lowest BCUT2D eigenvalue weighted by molar-refractivity contribution is 0.252. The highest BCUT2D eigenvalue weighted by Crippen LogP contribution is 2.12. The highest BCUT2D eigenvalue weighted by Gasteiger charge is 1.99. The van der Waals surface area contributed by atoms with Gasteiger partial charge < -0.3 is 10.6 Å². The van der Waals surface area contributed by atoms with E-state index >= 15 is 0 Å². The molecule has 0 saturated carbocycles. The minimum Gasteiger partial charge on any atom is -0.338 e. The van der Waals surface area contributed by atoms with Gasteiger partial charge in [-0.05, 0) is 37.6 Å². The number of benzene rings is 1. The van der Waals surface area contributed by atoms with Crippen LogP contribution in [0.25, 0.3) is 0 Å². The first-order chi connectivity index (χ1) is 7.72. The molecule has 0 radical (unpaired) electrons. The second-order valence-corrected chi connectivity index (χ2v) is 3.68. The molecule has 0 aliphatic heterocycles. The second kappa shape index (κ2) is 6.90. The summed E-state index contributed by atoms with van der Waals surface area (Å²) >= 11 is 5.73. The van der Waals surface area contributed by atoms with Crippen molar-refractivity contribution in [3.05, 3.63) is 41.4 Å². The van der Waals surface area contributed by atoms with Crippen molar-refractivity contribution in [3.63, 3.8) is 0 Å². The van der Waals surface area contributed by atoms with Gasteiger partial charge in [-0.2, -0.15) is 0 Å². The number of carbonyl (C=O) groups is 1. The van der Waals surface area contributed by atoms with E-state index in [-0.39, 0.29) is 6.03 Å². The maximum Gasteiger partial charge on any atom is 0.319 e. The minimum absolute atomic E-state index is 0.202. The molecule has 1 aromatic rings. The number of nitrogens with one attached hydrogen (secondary N) is 2. The number of rotatable bonds is 4. The summed E-state index contributed by atoms with van der Waals surface area (Å²) in [5.41, 5.74) is 0.730. The topological polar surface area (TPSA) is 41.1 Å². The van der Waals surface area contributed by atoms with Crippen LogP contribution in [0.2, 0.25) is 5.02 Å². The predicted octanol–water partition coefficient (Wildman–Crippen LogP) is 3.43. The van der Waals surface area contributed by atoms with Gasteiger partial charge in [-0.15, -0.1) is 0 Å². The van der Waals surface area contributed by atoms with Crippen molar-refractivity contribution in [3.8, 4) is 0 Å². The third-order valence-corrected chi connectivity index (χ3v) is 2.19. The monoisotopic (exact) mass is 238 g/mol.